The molecule has 0 saturated heterocycles. The molecule has 4 rings (SSSR count). The molecule has 0 spiro atoms. The number of anilines is 1. The first-order valence-corrected chi connectivity index (χ1v) is 9.14. The SMILES string of the molecule is O=C(C1CC1c1ccc(C(F)(F)F)cc1)N1CCSc2ccccc21. The van der Waals surface area contributed by atoms with Crippen molar-refractivity contribution < 1.29 is 18.0 Å². The van der Waals surface area contributed by atoms with E-state index in [-0.39, 0.29) is 17.7 Å². The fourth-order valence-electron chi connectivity index (χ4n) is 3.35. The van der Waals surface area contributed by atoms with Crippen LogP contribution in [-0.4, -0.2) is 18.2 Å². The zero-order chi connectivity index (χ0) is 17.6. The number of fused-ring (bicyclic) bond motifs is 1. The first kappa shape index (κ1) is 16.5. The van der Waals surface area contributed by atoms with Crippen molar-refractivity contribution in [3.8, 4) is 0 Å². The molecule has 0 bridgehead atoms. The van der Waals surface area contributed by atoms with Gasteiger partial charge in [-0.15, -0.1) is 11.8 Å². The Balaban J connectivity index is 1.49. The number of hydrogen-bond acceptors (Lipinski definition) is 2. The molecule has 0 radical (unpaired) electrons. The lowest BCUT2D eigenvalue weighted by molar-refractivity contribution is -0.137. The Labute approximate surface area is 148 Å². The number of hydrogen-bond donors (Lipinski definition) is 0. The molecule has 2 unspecified atom stereocenters. The number of amides is 1. The number of halogens is 3. The van der Waals surface area contributed by atoms with Crippen LogP contribution in [0, 0.1) is 5.92 Å². The average molecular weight is 363 g/mol. The predicted octanol–water partition coefficient (Wildman–Crippen LogP) is 4.95. The maximum Gasteiger partial charge on any atom is 0.416 e. The summed E-state index contributed by atoms with van der Waals surface area (Å²) >= 11 is 1.74. The molecule has 6 heteroatoms. The molecule has 1 saturated carbocycles. The minimum absolute atomic E-state index is 0.0246. The highest BCUT2D eigenvalue weighted by atomic mass is 32.2. The summed E-state index contributed by atoms with van der Waals surface area (Å²) in [5, 5.41) is 0. The fraction of sp³-hybridized carbons (Fsp3) is 0.316. The van der Waals surface area contributed by atoms with Crippen molar-refractivity contribution in [1.82, 2.24) is 0 Å². The number of benzene rings is 2. The molecule has 1 aliphatic heterocycles. The van der Waals surface area contributed by atoms with E-state index in [0.717, 1.165) is 34.0 Å². The lowest BCUT2D eigenvalue weighted by Gasteiger charge is -2.29. The number of nitrogens with zero attached hydrogens (tertiary/aromatic N) is 1. The van der Waals surface area contributed by atoms with Gasteiger partial charge in [0.05, 0.1) is 11.3 Å². The molecule has 2 aromatic rings. The second kappa shape index (κ2) is 6.09. The third-order valence-corrected chi connectivity index (χ3v) is 5.81. The van der Waals surface area contributed by atoms with Gasteiger partial charge in [0.25, 0.3) is 0 Å². The topological polar surface area (TPSA) is 20.3 Å². The van der Waals surface area contributed by atoms with Crippen LogP contribution < -0.4 is 4.90 Å². The van der Waals surface area contributed by atoms with E-state index in [2.05, 4.69) is 0 Å². The lowest BCUT2D eigenvalue weighted by Crippen LogP contribution is -2.36. The summed E-state index contributed by atoms with van der Waals surface area (Å²) in [4.78, 5) is 15.8. The Bertz CT molecular complexity index is 803. The van der Waals surface area contributed by atoms with Gasteiger partial charge in [-0.1, -0.05) is 24.3 Å². The molecule has 2 aromatic carbocycles. The van der Waals surface area contributed by atoms with Crippen molar-refractivity contribution in [1.29, 1.82) is 0 Å². The van der Waals surface area contributed by atoms with Crippen LogP contribution in [0.2, 0.25) is 0 Å². The molecule has 25 heavy (non-hydrogen) atoms. The molecule has 1 amide bonds. The van der Waals surface area contributed by atoms with E-state index in [4.69, 9.17) is 0 Å². The summed E-state index contributed by atoms with van der Waals surface area (Å²) in [5.41, 5.74) is 1.11. The number of carbonyl (C=O) groups is 1. The van der Waals surface area contributed by atoms with Crippen LogP contribution in [0.25, 0.3) is 0 Å². The van der Waals surface area contributed by atoms with E-state index in [9.17, 15) is 18.0 Å². The summed E-state index contributed by atoms with van der Waals surface area (Å²) in [6, 6.07) is 13.0. The smallest absolute Gasteiger partial charge is 0.310 e. The average Bonchev–Trinajstić information content (AvgIpc) is 3.41. The van der Waals surface area contributed by atoms with Gasteiger partial charge in [-0.05, 0) is 42.2 Å². The molecule has 0 aromatic heterocycles. The molecule has 0 N–H and O–H groups in total. The predicted molar refractivity (Wildman–Crippen MR) is 91.8 cm³/mol. The van der Waals surface area contributed by atoms with Crippen molar-refractivity contribution in [2.45, 2.75) is 23.4 Å². The normalized spacial score (nSPS) is 22.4. The molecule has 1 aliphatic carbocycles. The quantitative estimate of drug-likeness (QED) is 0.753. The molecule has 130 valence electrons. The number of thioether (sulfide) groups is 1. The van der Waals surface area contributed by atoms with Gasteiger partial charge in [0.2, 0.25) is 5.91 Å². The molecular weight excluding hydrogens is 347 g/mol. The van der Waals surface area contributed by atoms with Crippen LogP contribution in [0.5, 0.6) is 0 Å². The zero-order valence-corrected chi connectivity index (χ0v) is 14.1. The maximum absolute atomic E-state index is 12.9. The van der Waals surface area contributed by atoms with Crippen LogP contribution >= 0.6 is 11.8 Å². The molecule has 2 nitrogen and oxygen atoms in total. The maximum atomic E-state index is 12.9. The molecule has 2 aliphatic rings. The monoisotopic (exact) mass is 363 g/mol. The number of para-hydroxylation sites is 1. The van der Waals surface area contributed by atoms with Gasteiger partial charge >= 0.3 is 6.18 Å². The Kier molecular flexibility index (Phi) is 4.02. The fourth-order valence-corrected chi connectivity index (χ4v) is 4.35. The van der Waals surface area contributed by atoms with E-state index in [1.165, 1.54) is 12.1 Å². The van der Waals surface area contributed by atoms with Gasteiger partial charge in [0.15, 0.2) is 0 Å². The highest BCUT2D eigenvalue weighted by molar-refractivity contribution is 7.99. The summed E-state index contributed by atoms with van der Waals surface area (Å²) < 4.78 is 38.0. The van der Waals surface area contributed by atoms with E-state index < -0.39 is 11.7 Å². The molecule has 1 heterocycles. The summed E-state index contributed by atoms with van der Waals surface area (Å²) in [7, 11) is 0. The minimum atomic E-state index is -4.33. The van der Waals surface area contributed by atoms with Gasteiger partial charge in [-0.3, -0.25) is 4.79 Å². The third-order valence-electron chi connectivity index (χ3n) is 4.77. The van der Waals surface area contributed by atoms with Crippen LogP contribution in [0.1, 0.15) is 23.5 Å². The Hall–Kier alpha value is -1.95. The van der Waals surface area contributed by atoms with Crippen molar-refractivity contribution in [3.63, 3.8) is 0 Å². The van der Waals surface area contributed by atoms with Crippen molar-refractivity contribution in [3.05, 3.63) is 59.7 Å². The first-order chi connectivity index (χ1) is 11.9. The molecule has 2 atom stereocenters. The lowest BCUT2D eigenvalue weighted by atomic mass is 10.1. The highest BCUT2D eigenvalue weighted by Gasteiger charge is 2.46. The Morgan fingerprint density at radius 2 is 1.80 bits per heavy atom. The van der Waals surface area contributed by atoms with Gasteiger partial charge in [-0.25, -0.2) is 0 Å². The molecular formula is C19H16F3NOS. The largest absolute Gasteiger partial charge is 0.416 e. The zero-order valence-electron chi connectivity index (χ0n) is 13.3. The van der Waals surface area contributed by atoms with Gasteiger partial charge in [0, 0.05) is 23.1 Å². The number of rotatable bonds is 2. The van der Waals surface area contributed by atoms with Crippen LogP contribution in [0.15, 0.2) is 53.4 Å². The second-order valence-corrected chi connectivity index (χ2v) is 7.51. The standard InChI is InChI=1S/C19H16F3NOS/c20-19(21,22)13-7-5-12(6-8-13)14-11-15(14)18(24)23-9-10-25-17-4-2-1-3-16(17)23/h1-8,14-15H,9-11H2. The summed E-state index contributed by atoms with van der Waals surface area (Å²) in [5.74, 6) is 0.836. The minimum Gasteiger partial charge on any atom is -0.310 e. The summed E-state index contributed by atoms with van der Waals surface area (Å²) in [6.45, 7) is 0.677. The highest BCUT2D eigenvalue weighted by Crippen LogP contribution is 2.50. The van der Waals surface area contributed by atoms with Crippen LogP contribution in [-0.2, 0) is 11.0 Å². The molecule has 1 fully saturated rings. The Morgan fingerprint density at radius 3 is 2.52 bits per heavy atom. The van der Waals surface area contributed by atoms with E-state index in [0.29, 0.717) is 13.0 Å². The van der Waals surface area contributed by atoms with E-state index >= 15 is 0 Å². The number of alkyl halides is 3. The van der Waals surface area contributed by atoms with Crippen molar-refractivity contribution in [2.24, 2.45) is 5.92 Å². The van der Waals surface area contributed by atoms with Crippen molar-refractivity contribution in [2.75, 3.05) is 17.2 Å². The van der Waals surface area contributed by atoms with Gasteiger partial charge < -0.3 is 4.90 Å². The van der Waals surface area contributed by atoms with Crippen LogP contribution in [0.4, 0.5) is 18.9 Å². The second-order valence-electron chi connectivity index (χ2n) is 6.37. The Morgan fingerprint density at radius 1 is 1.08 bits per heavy atom. The van der Waals surface area contributed by atoms with Gasteiger partial charge in [-0.2, -0.15) is 13.2 Å². The van der Waals surface area contributed by atoms with E-state index in [1.807, 2.05) is 29.2 Å². The van der Waals surface area contributed by atoms with Crippen LogP contribution in [0.3, 0.4) is 0 Å². The van der Waals surface area contributed by atoms with Gasteiger partial charge in [0.1, 0.15) is 0 Å². The van der Waals surface area contributed by atoms with E-state index in [1.54, 1.807) is 11.8 Å². The first-order valence-electron chi connectivity index (χ1n) is 8.15. The third kappa shape index (κ3) is 3.15. The number of carbonyl (C=O) groups excluding carboxylic acids is 1. The van der Waals surface area contributed by atoms with Crippen molar-refractivity contribution >= 4 is 23.4 Å². The summed E-state index contributed by atoms with van der Waals surface area (Å²) in [6.07, 6.45) is -3.62.